The molecule has 0 unspecified atom stereocenters. The lowest BCUT2D eigenvalue weighted by atomic mass is 10.1. The van der Waals surface area contributed by atoms with E-state index in [4.69, 9.17) is 9.47 Å². The van der Waals surface area contributed by atoms with Crippen molar-refractivity contribution in [2.75, 3.05) is 7.11 Å². The number of nitriles is 1. The number of carbonyl (C=O) groups is 1. The first kappa shape index (κ1) is 18.3. The van der Waals surface area contributed by atoms with Crippen LogP contribution < -0.4 is 9.47 Å². The van der Waals surface area contributed by atoms with Gasteiger partial charge in [-0.25, -0.2) is 9.78 Å². The summed E-state index contributed by atoms with van der Waals surface area (Å²) in [5.74, 6) is 0.607. The molecule has 0 N–H and O–H groups in total. The first-order valence-electron chi connectivity index (χ1n) is 7.82. The van der Waals surface area contributed by atoms with Gasteiger partial charge in [-0.2, -0.15) is 5.26 Å². The van der Waals surface area contributed by atoms with Crippen molar-refractivity contribution >= 4 is 5.97 Å². The van der Waals surface area contributed by atoms with E-state index in [0.29, 0.717) is 22.6 Å². The second kappa shape index (κ2) is 8.15. The summed E-state index contributed by atoms with van der Waals surface area (Å²) in [5, 5.41) is 9.26. The van der Waals surface area contributed by atoms with Gasteiger partial charge in [-0.05, 0) is 50.1 Å². The predicted molar refractivity (Wildman–Crippen MR) is 91.6 cm³/mol. The Bertz CT molecular complexity index is 810. The third-order valence-corrected chi connectivity index (χ3v) is 3.36. The number of aryl methyl sites for hydroxylation is 1. The Hall–Kier alpha value is -3.07. The molecule has 2 aromatic rings. The van der Waals surface area contributed by atoms with Crippen LogP contribution >= 0.6 is 0 Å². The fraction of sp³-hybridized carbons (Fsp3) is 0.316. The molecule has 0 fully saturated rings. The molecule has 6 heteroatoms. The number of rotatable bonds is 6. The molecule has 0 aliphatic heterocycles. The Labute approximate surface area is 147 Å². The highest BCUT2D eigenvalue weighted by molar-refractivity contribution is 5.88. The van der Waals surface area contributed by atoms with Gasteiger partial charge in [0.1, 0.15) is 24.2 Å². The van der Waals surface area contributed by atoms with E-state index in [1.54, 1.807) is 25.1 Å². The molecule has 0 radical (unpaired) electrons. The Morgan fingerprint density at radius 1 is 1.32 bits per heavy atom. The molecule has 0 atom stereocenters. The second-order valence-electron chi connectivity index (χ2n) is 5.73. The highest BCUT2D eigenvalue weighted by atomic mass is 16.5. The van der Waals surface area contributed by atoms with Crippen molar-refractivity contribution in [3.63, 3.8) is 0 Å². The van der Waals surface area contributed by atoms with Crippen molar-refractivity contribution in [3.05, 3.63) is 52.8 Å². The summed E-state index contributed by atoms with van der Waals surface area (Å²) >= 11 is 0. The number of methoxy groups -OCH3 is 1. The van der Waals surface area contributed by atoms with E-state index < -0.39 is 5.97 Å². The van der Waals surface area contributed by atoms with Crippen molar-refractivity contribution in [1.82, 2.24) is 4.98 Å². The van der Waals surface area contributed by atoms with Crippen LogP contribution in [0.25, 0.3) is 0 Å². The SMILES string of the molecule is COC(=O)c1ncc(OCc2ccc(OC(C)C)c(C#N)c2)cc1C. The first-order valence-corrected chi connectivity index (χ1v) is 7.82. The number of hydrogen-bond acceptors (Lipinski definition) is 6. The number of carbonyl (C=O) groups excluding carboxylic acids is 1. The van der Waals surface area contributed by atoms with Crippen molar-refractivity contribution in [2.45, 2.75) is 33.5 Å². The summed E-state index contributed by atoms with van der Waals surface area (Å²) in [6, 6.07) is 9.20. The number of aromatic nitrogens is 1. The third-order valence-electron chi connectivity index (χ3n) is 3.36. The number of esters is 1. The van der Waals surface area contributed by atoms with E-state index in [1.165, 1.54) is 13.3 Å². The molecule has 2 rings (SSSR count). The minimum atomic E-state index is -0.483. The average Bonchev–Trinajstić information content (AvgIpc) is 2.59. The van der Waals surface area contributed by atoms with Gasteiger partial charge in [0, 0.05) is 0 Å². The van der Waals surface area contributed by atoms with E-state index in [1.807, 2.05) is 19.9 Å². The topological polar surface area (TPSA) is 81.4 Å². The Balaban J connectivity index is 2.10. The maximum Gasteiger partial charge on any atom is 0.356 e. The van der Waals surface area contributed by atoms with Gasteiger partial charge < -0.3 is 14.2 Å². The Morgan fingerprint density at radius 3 is 2.68 bits per heavy atom. The van der Waals surface area contributed by atoms with Gasteiger partial charge in [0.05, 0.1) is 25.0 Å². The van der Waals surface area contributed by atoms with Gasteiger partial charge >= 0.3 is 5.97 Å². The van der Waals surface area contributed by atoms with Crippen LogP contribution in [0.2, 0.25) is 0 Å². The van der Waals surface area contributed by atoms with Gasteiger partial charge in [0.15, 0.2) is 5.69 Å². The van der Waals surface area contributed by atoms with E-state index in [2.05, 4.69) is 15.8 Å². The molecule has 6 nitrogen and oxygen atoms in total. The second-order valence-corrected chi connectivity index (χ2v) is 5.73. The molecule has 1 aromatic heterocycles. The fourth-order valence-corrected chi connectivity index (χ4v) is 2.22. The van der Waals surface area contributed by atoms with Crippen molar-refractivity contribution in [3.8, 4) is 17.6 Å². The van der Waals surface area contributed by atoms with Crippen LogP contribution in [0.5, 0.6) is 11.5 Å². The lowest BCUT2D eigenvalue weighted by Gasteiger charge is -2.13. The molecule has 0 amide bonds. The van der Waals surface area contributed by atoms with Crippen LogP contribution in [0, 0.1) is 18.3 Å². The number of nitrogens with zero attached hydrogens (tertiary/aromatic N) is 2. The molecular formula is C19H20N2O4. The molecule has 130 valence electrons. The summed E-state index contributed by atoms with van der Waals surface area (Å²) < 4.78 is 16.0. The Morgan fingerprint density at radius 2 is 2.08 bits per heavy atom. The summed E-state index contributed by atoms with van der Waals surface area (Å²) in [4.78, 5) is 15.6. The largest absolute Gasteiger partial charge is 0.490 e. The maximum atomic E-state index is 11.5. The van der Waals surface area contributed by atoms with Crippen LogP contribution in [0.4, 0.5) is 0 Å². The predicted octanol–water partition coefficient (Wildman–Crippen LogP) is 3.41. The lowest BCUT2D eigenvalue weighted by molar-refractivity contribution is 0.0593. The molecule has 0 saturated carbocycles. The monoisotopic (exact) mass is 340 g/mol. The molecule has 0 spiro atoms. The molecular weight excluding hydrogens is 320 g/mol. The van der Waals surface area contributed by atoms with Gasteiger partial charge in [0.2, 0.25) is 0 Å². The number of hydrogen-bond donors (Lipinski definition) is 0. The van der Waals surface area contributed by atoms with Gasteiger partial charge in [-0.15, -0.1) is 0 Å². The van der Waals surface area contributed by atoms with Gasteiger partial charge in [-0.1, -0.05) is 6.07 Å². The van der Waals surface area contributed by atoms with Gasteiger partial charge in [-0.3, -0.25) is 0 Å². The maximum absolute atomic E-state index is 11.5. The summed E-state index contributed by atoms with van der Waals surface area (Å²) in [6.45, 7) is 5.85. The standard InChI is InChI=1S/C19H20N2O4/c1-12(2)25-17-6-5-14(8-15(17)9-20)11-24-16-7-13(3)18(21-10-16)19(22)23-4/h5-8,10,12H,11H2,1-4H3. The fourth-order valence-electron chi connectivity index (χ4n) is 2.22. The summed E-state index contributed by atoms with van der Waals surface area (Å²) in [6.07, 6.45) is 1.47. The number of ether oxygens (including phenoxy) is 3. The zero-order valence-corrected chi connectivity index (χ0v) is 14.7. The smallest absolute Gasteiger partial charge is 0.356 e. The lowest BCUT2D eigenvalue weighted by Crippen LogP contribution is -2.08. The molecule has 0 saturated heterocycles. The highest BCUT2D eigenvalue weighted by Gasteiger charge is 2.12. The quantitative estimate of drug-likeness (QED) is 0.750. The van der Waals surface area contributed by atoms with Crippen LogP contribution in [0.15, 0.2) is 30.5 Å². The van der Waals surface area contributed by atoms with Gasteiger partial charge in [0.25, 0.3) is 0 Å². The van der Waals surface area contributed by atoms with Crippen molar-refractivity contribution < 1.29 is 19.0 Å². The molecule has 1 heterocycles. The van der Waals surface area contributed by atoms with E-state index in [-0.39, 0.29) is 18.4 Å². The highest BCUT2D eigenvalue weighted by Crippen LogP contribution is 2.22. The van der Waals surface area contributed by atoms with E-state index in [0.717, 1.165) is 5.56 Å². The minimum absolute atomic E-state index is 0.00317. The number of benzene rings is 1. The van der Waals surface area contributed by atoms with Crippen molar-refractivity contribution in [2.24, 2.45) is 0 Å². The Kier molecular flexibility index (Phi) is 5.96. The summed E-state index contributed by atoms with van der Waals surface area (Å²) in [5.41, 5.74) is 2.23. The molecule has 25 heavy (non-hydrogen) atoms. The normalized spacial score (nSPS) is 10.2. The van der Waals surface area contributed by atoms with Crippen LogP contribution in [-0.4, -0.2) is 24.2 Å². The molecule has 0 aliphatic rings. The number of pyridine rings is 1. The van der Waals surface area contributed by atoms with E-state index in [9.17, 15) is 10.1 Å². The first-order chi connectivity index (χ1) is 11.9. The average molecular weight is 340 g/mol. The van der Waals surface area contributed by atoms with Crippen molar-refractivity contribution in [1.29, 1.82) is 5.26 Å². The molecule has 0 bridgehead atoms. The molecule has 0 aliphatic carbocycles. The van der Waals surface area contributed by atoms with Crippen LogP contribution in [0.3, 0.4) is 0 Å². The summed E-state index contributed by atoms with van der Waals surface area (Å²) in [7, 11) is 1.31. The zero-order valence-electron chi connectivity index (χ0n) is 14.7. The minimum Gasteiger partial charge on any atom is -0.490 e. The van der Waals surface area contributed by atoms with Crippen LogP contribution in [0.1, 0.15) is 41.0 Å². The van der Waals surface area contributed by atoms with Crippen LogP contribution in [-0.2, 0) is 11.3 Å². The zero-order chi connectivity index (χ0) is 18.4. The molecule has 1 aromatic carbocycles. The van der Waals surface area contributed by atoms with E-state index >= 15 is 0 Å². The third kappa shape index (κ3) is 4.70.